The highest BCUT2D eigenvalue weighted by atomic mass is 79.9. The Kier molecular flexibility index (Phi) is 4.05. The minimum atomic E-state index is -3.09. The predicted molar refractivity (Wildman–Crippen MR) is 69.7 cm³/mol. The predicted octanol–water partition coefficient (Wildman–Crippen LogP) is 2.28. The molecular formula is C10H14BrNO2S2. The molecule has 0 saturated carbocycles. The fourth-order valence-electron chi connectivity index (χ4n) is 1.92. The van der Waals surface area contributed by atoms with Gasteiger partial charge in [0.25, 0.3) is 0 Å². The molecule has 1 atom stereocenters. The summed E-state index contributed by atoms with van der Waals surface area (Å²) in [6.07, 6.45) is 2.09. The van der Waals surface area contributed by atoms with Crippen LogP contribution in [-0.2, 0) is 9.84 Å². The number of rotatable bonds is 3. The maximum absolute atomic E-state index is 12.1. The lowest BCUT2D eigenvalue weighted by Gasteiger charge is -2.22. The molecule has 1 saturated heterocycles. The second-order valence-electron chi connectivity index (χ2n) is 4.05. The second-order valence-corrected chi connectivity index (χ2v) is 8.78. The number of hydrogen-bond acceptors (Lipinski definition) is 4. The molecule has 1 fully saturated rings. The topological polar surface area (TPSA) is 46.2 Å². The van der Waals surface area contributed by atoms with Gasteiger partial charge in [0.1, 0.15) is 4.21 Å². The number of thiophene rings is 1. The first-order valence-corrected chi connectivity index (χ1v) is 8.53. The van der Waals surface area contributed by atoms with E-state index in [4.69, 9.17) is 0 Å². The van der Waals surface area contributed by atoms with Crippen LogP contribution in [0.15, 0.2) is 20.1 Å². The van der Waals surface area contributed by atoms with Gasteiger partial charge >= 0.3 is 0 Å². The van der Waals surface area contributed by atoms with E-state index in [2.05, 4.69) is 21.2 Å². The highest BCUT2D eigenvalue weighted by Crippen LogP contribution is 2.28. The van der Waals surface area contributed by atoms with Gasteiger partial charge in [0.15, 0.2) is 9.84 Å². The number of nitrogens with one attached hydrogen (secondary N) is 1. The molecule has 90 valence electrons. The molecule has 6 heteroatoms. The summed E-state index contributed by atoms with van der Waals surface area (Å²) in [5.41, 5.74) is 0. The first-order chi connectivity index (χ1) is 7.58. The molecule has 1 aliphatic heterocycles. The Balaban J connectivity index is 2.07. The average molecular weight is 324 g/mol. The summed E-state index contributed by atoms with van der Waals surface area (Å²) in [6.45, 7) is 1.84. The lowest BCUT2D eigenvalue weighted by Crippen LogP contribution is -2.33. The van der Waals surface area contributed by atoms with Gasteiger partial charge in [-0.15, -0.1) is 11.3 Å². The molecule has 1 aliphatic rings. The van der Waals surface area contributed by atoms with Crippen molar-refractivity contribution in [2.75, 3.05) is 18.8 Å². The molecular weight excluding hydrogens is 310 g/mol. The van der Waals surface area contributed by atoms with E-state index in [0.29, 0.717) is 4.21 Å². The Morgan fingerprint density at radius 3 is 2.88 bits per heavy atom. The van der Waals surface area contributed by atoms with Gasteiger partial charge in [-0.25, -0.2) is 8.42 Å². The molecule has 3 nitrogen and oxygen atoms in total. The third-order valence-electron chi connectivity index (χ3n) is 2.71. The van der Waals surface area contributed by atoms with E-state index in [1.54, 1.807) is 12.1 Å². The molecule has 1 N–H and O–H groups in total. The quantitative estimate of drug-likeness (QED) is 0.928. The van der Waals surface area contributed by atoms with E-state index < -0.39 is 9.84 Å². The third kappa shape index (κ3) is 3.06. The van der Waals surface area contributed by atoms with Crippen molar-refractivity contribution in [3.8, 4) is 0 Å². The smallest absolute Gasteiger partial charge is 0.188 e. The van der Waals surface area contributed by atoms with Crippen molar-refractivity contribution >= 4 is 37.1 Å². The maximum Gasteiger partial charge on any atom is 0.188 e. The minimum absolute atomic E-state index is 0.264. The van der Waals surface area contributed by atoms with Gasteiger partial charge in [-0.05, 0) is 59.9 Å². The Hall–Kier alpha value is 0.0900. The SMILES string of the molecule is O=S(=O)(CC1CCCNC1)c1ccc(Br)s1. The van der Waals surface area contributed by atoms with Crippen LogP contribution in [0, 0.1) is 5.92 Å². The standard InChI is InChI=1S/C10H14BrNO2S2/c11-9-3-4-10(15-9)16(13,14)7-8-2-1-5-12-6-8/h3-4,8,12H,1-2,5-7H2. The zero-order valence-electron chi connectivity index (χ0n) is 8.78. The molecule has 0 radical (unpaired) electrons. The lowest BCUT2D eigenvalue weighted by atomic mass is 10.0. The van der Waals surface area contributed by atoms with Gasteiger partial charge in [-0.1, -0.05) is 0 Å². The summed E-state index contributed by atoms with van der Waals surface area (Å²) in [4.78, 5) is 0. The van der Waals surface area contributed by atoms with Crippen LogP contribution in [0.1, 0.15) is 12.8 Å². The van der Waals surface area contributed by atoms with E-state index in [-0.39, 0.29) is 11.7 Å². The van der Waals surface area contributed by atoms with Crippen LogP contribution in [0.5, 0.6) is 0 Å². The first kappa shape index (κ1) is 12.5. The summed E-state index contributed by atoms with van der Waals surface area (Å²) in [6, 6.07) is 3.47. The molecule has 0 amide bonds. The number of halogens is 1. The fourth-order valence-corrected chi connectivity index (χ4v) is 5.69. The van der Waals surface area contributed by atoms with Crippen LogP contribution < -0.4 is 5.32 Å². The molecule has 16 heavy (non-hydrogen) atoms. The van der Waals surface area contributed by atoms with Gasteiger partial charge in [0.2, 0.25) is 0 Å². The van der Waals surface area contributed by atoms with E-state index in [9.17, 15) is 8.42 Å². The second kappa shape index (κ2) is 5.16. The van der Waals surface area contributed by atoms with E-state index in [1.165, 1.54) is 11.3 Å². The van der Waals surface area contributed by atoms with Crippen LogP contribution in [0.3, 0.4) is 0 Å². The number of sulfone groups is 1. The minimum Gasteiger partial charge on any atom is -0.316 e. The normalized spacial score (nSPS) is 22.2. The average Bonchev–Trinajstić information content (AvgIpc) is 2.66. The van der Waals surface area contributed by atoms with E-state index in [1.807, 2.05) is 0 Å². The van der Waals surface area contributed by atoms with Gasteiger partial charge in [0.05, 0.1) is 9.54 Å². The van der Waals surface area contributed by atoms with Crippen molar-refractivity contribution in [1.29, 1.82) is 0 Å². The zero-order chi connectivity index (χ0) is 11.6. The maximum atomic E-state index is 12.1. The van der Waals surface area contributed by atoms with Crippen LogP contribution >= 0.6 is 27.3 Å². The summed E-state index contributed by atoms with van der Waals surface area (Å²) in [7, 11) is -3.09. The van der Waals surface area contributed by atoms with Gasteiger partial charge in [0, 0.05) is 0 Å². The van der Waals surface area contributed by atoms with Crippen LogP contribution in [0.2, 0.25) is 0 Å². The Morgan fingerprint density at radius 2 is 2.31 bits per heavy atom. The Labute approximate surface area is 108 Å². The summed E-state index contributed by atoms with van der Waals surface area (Å²) in [5.74, 6) is 0.534. The molecule has 0 spiro atoms. The van der Waals surface area contributed by atoms with Crippen molar-refractivity contribution < 1.29 is 8.42 Å². The zero-order valence-corrected chi connectivity index (χ0v) is 12.0. The lowest BCUT2D eigenvalue weighted by molar-refractivity contribution is 0.404. The fraction of sp³-hybridized carbons (Fsp3) is 0.600. The van der Waals surface area contributed by atoms with Crippen molar-refractivity contribution in [2.45, 2.75) is 17.1 Å². The molecule has 2 rings (SSSR count). The first-order valence-electron chi connectivity index (χ1n) is 5.27. The van der Waals surface area contributed by atoms with Gasteiger partial charge < -0.3 is 5.32 Å². The molecule has 1 aromatic heterocycles. The number of piperidine rings is 1. The van der Waals surface area contributed by atoms with Gasteiger partial charge in [-0.2, -0.15) is 0 Å². The van der Waals surface area contributed by atoms with Crippen LogP contribution in [0.4, 0.5) is 0 Å². The van der Waals surface area contributed by atoms with Crippen LogP contribution in [-0.4, -0.2) is 27.3 Å². The Morgan fingerprint density at radius 1 is 1.50 bits per heavy atom. The van der Waals surface area contributed by atoms with Crippen molar-refractivity contribution in [1.82, 2.24) is 5.32 Å². The van der Waals surface area contributed by atoms with E-state index in [0.717, 1.165) is 29.7 Å². The molecule has 0 aromatic carbocycles. The molecule has 1 aromatic rings. The van der Waals surface area contributed by atoms with Crippen LogP contribution in [0.25, 0.3) is 0 Å². The van der Waals surface area contributed by atoms with E-state index >= 15 is 0 Å². The molecule has 2 heterocycles. The summed E-state index contributed by atoms with van der Waals surface area (Å²) < 4.78 is 25.5. The summed E-state index contributed by atoms with van der Waals surface area (Å²) >= 11 is 4.58. The molecule has 1 unspecified atom stereocenters. The third-order valence-corrected chi connectivity index (χ3v) is 6.80. The highest BCUT2D eigenvalue weighted by Gasteiger charge is 2.23. The summed E-state index contributed by atoms with van der Waals surface area (Å²) in [5, 5.41) is 3.24. The van der Waals surface area contributed by atoms with Crippen molar-refractivity contribution in [3.05, 3.63) is 15.9 Å². The number of hydrogen-bond donors (Lipinski definition) is 1. The highest BCUT2D eigenvalue weighted by molar-refractivity contribution is 9.11. The molecule has 0 bridgehead atoms. The molecule has 0 aliphatic carbocycles. The van der Waals surface area contributed by atoms with Crippen molar-refractivity contribution in [2.24, 2.45) is 5.92 Å². The van der Waals surface area contributed by atoms with Crippen molar-refractivity contribution in [3.63, 3.8) is 0 Å². The largest absolute Gasteiger partial charge is 0.316 e. The van der Waals surface area contributed by atoms with Gasteiger partial charge in [-0.3, -0.25) is 0 Å². The Bertz CT molecular complexity index is 449. The monoisotopic (exact) mass is 323 g/mol.